The van der Waals surface area contributed by atoms with E-state index in [0.29, 0.717) is 18.4 Å². The Bertz CT molecular complexity index is 452. The summed E-state index contributed by atoms with van der Waals surface area (Å²) >= 11 is 0. The van der Waals surface area contributed by atoms with Crippen molar-refractivity contribution in [3.63, 3.8) is 0 Å². The first-order valence-corrected chi connectivity index (χ1v) is 7.45. The van der Waals surface area contributed by atoms with Gasteiger partial charge in [0.15, 0.2) is 0 Å². The van der Waals surface area contributed by atoms with Gasteiger partial charge < -0.3 is 10.6 Å². The molecular formula is C16H22N2O. The summed E-state index contributed by atoms with van der Waals surface area (Å²) < 4.78 is 0. The van der Waals surface area contributed by atoms with Crippen molar-refractivity contribution in [1.29, 1.82) is 0 Å². The number of nitrogens with one attached hydrogen (secondary N) is 2. The molecule has 102 valence electrons. The van der Waals surface area contributed by atoms with Gasteiger partial charge in [-0.15, -0.1) is 0 Å². The molecule has 0 radical (unpaired) electrons. The quantitative estimate of drug-likeness (QED) is 0.875. The molecule has 0 spiro atoms. The third-order valence-electron chi connectivity index (χ3n) is 4.34. The maximum atomic E-state index is 12.1. The fourth-order valence-corrected chi connectivity index (χ4v) is 3.30. The monoisotopic (exact) mass is 258 g/mol. The second-order valence-corrected chi connectivity index (χ2v) is 5.77. The summed E-state index contributed by atoms with van der Waals surface area (Å²) in [5.41, 5.74) is 2.49. The van der Waals surface area contributed by atoms with Crippen LogP contribution in [0.2, 0.25) is 0 Å². The highest BCUT2D eigenvalue weighted by atomic mass is 16.1. The van der Waals surface area contributed by atoms with Gasteiger partial charge >= 0.3 is 0 Å². The van der Waals surface area contributed by atoms with Crippen molar-refractivity contribution in [2.75, 3.05) is 11.9 Å². The highest BCUT2D eigenvalue weighted by Crippen LogP contribution is 2.33. The number of hydrogen-bond donors (Lipinski definition) is 2. The summed E-state index contributed by atoms with van der Waals surface area (Å²) in [5.74, 6) is 0.551. The van der Waals surface area contributed by atoms with E-state index in [9.17, 15) is 4.79 Å². The number of carbonyl (C=O) groups excluding carboxylic acids is 1. The van der Waals surface area contributed by atoms with Gasteiger partial charge in [-0.1, -0.05) is 37.5 Å². The summed E-state index contributed by atoms with van der Waals surface area (Å²) in [5, 5.41) is 6.59. The number of fused-ring (bicyclic) bond motifs is 1. The topological polar surface area (TPSA) is 41.1 Å². The smallest absolute Gasteiger partial charge is 0.220 e. The van der Waals surface area contributed by atoms with E-state index in [-0.39, 0.29) is 5.91 Å². The molecule has 1 unspecified atom stereocenters. The molecule has 1 atom stereocenters. The van der Waals surface area contributed by atoms with E-state index in [4.69, 9.17) is 0 Å². The minimum atomic E-state index is 0.218. The number of carbonyl (C=O) groups is 1. The number of benzene rings is 1. The van der Waals surface area contributed by atoms with Crippen LogP contribution in [0.15, 0.2) is 24.3 Å². The van der Waals surface area contributed by atoms with Crippen molar-refractivity contribution < 1.29 is 4.79 Å². The zero-order valence-corrected chi connectivity index (χ0v) is 11.3. The predicted octanol–water partition coefficient (Wildman–Crippen LogP) is 3.03. The van der Waals surface area contributed by atoms with Crippen LogP contribution in [0.4, 0.5) is 5.69 Å². The molecule has 1 aliphatic carbocycles. The van der Waals surface area contributed by atoms with Crippen LogP contribution in [0.1, 0.15) is 50.0 Å². The highest BCUT2D eigenvalue weighted by molar-refractivity contribution is 5.78. The van der Waals surface area contributed by atoms with Gasteiger partial charge in [-0.05, 0) is 24.5 Å². The third-order valence-corrected chi connectivity index (χ3v) is 4.34. The lowest BCUT2D eigenvalue weighted by atomic mass is 9.94. The standard InChI is InChI=1S/C16H22N2O/c19-16(18-13-6-2-1-3-7-13)10-12-11-17-15-9-5-4-8-14(12)15/h4-5,8-9,12-13,17H,1-3,6-7,10-11H2,(H,18,19). The molecule has 1 aromatic rings. The Hall–Kier alpha value is -1.51. The van der Waals surface area contributed by atoms with Crippen LogP contribution in [0, 0.1) is 0 Å². The lowest BCUT2D eigenvalue weighted by molar-refractivity contribution is -0.122. The Balaban J connectivity index is 1.55. The van der Waals surface area contributed by atoms with Crippen molar-refractivity contribution in [3.8, 4) is 0 Å². The molecule has 0 saturated heterocycles. The first-order valence-electron chi connectivity index (χ1n) is 7.45. The van der Waals surface area contributed by atoms with Crippen molar-refractivity contribution in [2.45, 2.75) is 50.5 Å². The fourth-order valence-electron chi connectivity index (χ4n) is 3.30. The number of para-hydroxylation sites is 1. The Labute approximate surface area is 114 Å². The first kappa shape index (κ1) is 12.5. The van der Waals surface area contributed by atoms with Crippen molar-refractivity contribution in [2.24, 2.45) is 0 Å². The molecule has 1 fully saturated rings. The maximum Gasteiger partial charge on any atom is 0.220 e. The van der Waals surface area contributed by atoms with E-state index in [2.05, 4.69) is 28.8 Å². The highest BCUT2D eigenvalue weighted by Gasteiger charge is 2.25. The molecule has 0 aromatic heterocycles. The summed E-state index contributed by atoms with van der Waals surface area (Å²) in [4.78, 5) is 12.1. The molecule has 1 aliphatic heterocycles. The van der Waals surface area contributed by atoms with E-state index in [0.717, 1.165) is 19.4 Å². The second-order valence-electron chi connectivity index (χ2n) is 5.77. The average molecular weight is 258 g/mol. The van der Waals surface area contributed by atoms with Gasteiger partial charge in [0.2, 0.25) is 5.91 Å². The van der Waals surface area contributed by atoms with Crippen LogP contribution < -0.4 is 10.6 Å². The summed E-state index contributed by atoms with van der Waals surface area (Å²) in [6.45, 7) is 0.886. The van der Waals surface area contributed by atoms with Gasteiger partial charge in [-0.25, -0.2) is 0 Å². The Morgan fingerprint density at radius 2 is 2.00 bits per heavy atom. The molecule has 3 nitrogen and oxygen atoms in total. The van der Waals surface area contributed by atoms with Crippen LogP contribution in [-0.4, -0.2) is 18.5 Å². The Morgan fingerprint density at radius 3 is 2.84 bits per heavy atom. The lowest BCUT2D eigenvalue weighted by Gasteiger charge is -2.23. The van der Waals surface area contributed by atoms with Crippen LogP contribution in [0.3, 0.4) is 0 Å². The molecule has 19 heavy (non-hydrogen) atoms. The largest absolute Gasteiger partial charge is 0.384 e. The molecular weight excluding hydrogens is 236 g/mol. The molecule has 2 N–H and O–H groups in total. The molecule has 1 amide bonds. The van der Waals surface area contributed by atoms with Gasteiger partial charge in [-0.2, -0.15) is 0 Å². The lowest BCUT2D eigenvalue weighted by Crippen LogP contribution is -2.36. The van der Waals surface area contributed by atoms with Crippen LogP contribution in [0.5, 0.6) is 0 Å². The van der Waals surface area contributed by atoms with Gasteiger partial charge in [0.05, 0.1) is 0 Å². The minimum absolute atomic E-state index is 0.218. The summed E-state index contributed by atoms with van der Waals surface area (Å²) in [7, 11) is 0. The van der Waals surface area contributed by atoms with Gasteiger partial charge in [0, 0.05) is 30.6 Å². The summed E-state index contributed by atoms with van der Waals surface area (Å²) in [6, 6.07) is 8.74. The third kappa shape index (κ3) is 2.91. The fraction of sp³-hybridized carbons (Fsp3) is 0.562. The molecule has 1 aromatic carbocycles. The van der Waals surface area contributed by atoms with Crippen LogP contribution >= 0.6 is 0 Å². The Kier molecular flexibility index (Phi) is 3.72. The van der Waals surface area contributed by atoms with Gasteiger partial charge in [-0.3, -0.25) is 4.79 Å². The zero-order chi connectivity index (χ0) is 13.1. The maximum absolute atomic E-state index is 12.1. The molecule has 2 aliphatic rings. The molecule has 1 saturated carbocycles. The van der Waals surface area contributed by atoms with E-state index >= 15 is 0 Å². The normalized spacial score (nSPS) is 22.6. The van der Waals surface area contributed by atoms with Crippen LogP contribution in [-0.2, 0) is 4.79 Å². The second kappa shape index (κ2) is 5.64. The zero-order valence-electron chi connectivity index (χ0n) is 11.3. The SMILES string of the molecule is O=C(CC1CNc2ccccc21)NC1CCCCC1. The van der Waals surface area contributed by atoms with Crippen LogP contribution in [0.25, 0.3) is 0 Å². The van der Waals surface area contributed by atoms with Gasteiger partial charge in [0.25, 0.3) is 0 Å². The van der Waals surface area contributed by atoms with E-state index in [1.54, 1.807) is 0 Å². The van der Waals surface area contributed by atoms with Crippen molar-refractivity contribution in [1.82, 2.24) is 5.32 Å². The Morgan fingerprint density at radius 1 is 1.21 bits per heavy atom. The minimum Gasteiger partial charge on any atom is -0.384 e. The number of anilines is 1. The number of rotatable bonds is 3. The van der Waals surface area contributed by atoms with E-state index < -0.39 is 0 Å². The molecule has 3 heteroatoms. The predicted molar refractivity (Wildman–Crippen MR) is 77.3 cm³/mol. The first-order chi connectivity index (χ1) is 9.33. The number of amides is 1. The van der Waals surface area contributed by atoms with Crippen molar-refractivity contribution in [3.05, 3.63) is 29.8 Å². The number of hydrogen-bond acceptors (Lipinski definition) is 2. The summed E-state index contributed by atoms with van der Waals surface area (Å²) in [6.07, 6.45) is 6.78. The van der Waals surface area contributed by atoms with E-state index in [1.165, 1.54) is 30.5 Å². The molecule has 1 heterocycles. The molecule has 3 rings (SSSR count). The van der Waals surface area contributed by atoms with E-state index in [1.807, 2.05) is 6.07 Å². The van der Waals surface area contributed by atoms with Crippen molar-refractivity contribution >= 4 is 11.6 Å². The van der Waals surface area contributed by atoms with Gasteiger partial charge in [0.1, 0.15) is 0 Å². The molecule has 0 bridgehead atoms. The average Bonchev–Trinajstić information content (AvgIpc) is 2.83.